The van der Waals surface area contributed by atoms with E-state index in [1.807, 2.05) is 44.2 Å². The predicted octanol–water partition coefficient (Wildman–Crippen LogP) is 4.24. The lowest BCUT2D eigenvalue weighted by molar-refractivity contribution is -0.115. The molecule has 28 heavy (non-hydrogen) atoms. The molecule has 1 N–H and O–H groups in total. The number of hydrogen-bond donors (Lipinski definition) is 1. The minimum Gasteiger partial charge on any atom is -0.326 e. The van der Waals surface area contributed by atoms with Gasteiger partial charge in [-0.3, -0.25) is 4.79 Å². The van der Waals surface area contributed by atoms with E-state index < -0.39 is 0 Å². The zero-order chi connectivity index (χ0) is 19.7. The fourth-order valence-corrected chi connectivity index (χ4v) is 3.30. The van der Waals surface area contributed by atoms with E-state index in [4.69, 9.17) is 11.6 Å². The Labute approximate surface area is 167 Å². The summed E-state index contributed by atoms with van der Waals surface area (Å²) in [6.45, 7) is 3.80. The summed E-state index contributed by atoms with van der Waals surface area (Å²) < 4.78 is 1.69. The monoisotopic (exact) mass is 391 g/mol. The topological polar surface area (TPSA) is 72.2 Å². The average Bonchev–Trinajstić information content (AvgIpc) is 3.10. The van der Waals surface area contributed by atoms with Crippen LogP contribution in [0, 0.1) is 13.8 Å². The average molecular weight is 392 g/mol. The van der Waals surface area contributed by atoms with E-state index >= 15 is 0 Å². The quantitative estimate of drug-likeness (QED) is 0.564. The van der Waals surface area contributed by atoms with Crippen LogP contribution >= 0.6 is 11.6 Å². The number of anilines is 1. The van der Waals surface area contributed by atoms with Crippen molar-refractivity contribution in [2.45, 2.75) is 20.3 Å². The molecule has 6 nitrogen and oxygen atoms in total. The van der Waals surface area contributed by atoms with Crippen LogP contribution in [0.3, 0.4) is 0 Å². The molecule has 0 saturated heterocycles. The number of halogens is 1. The second-order valence-corrected chi connectivity index (χ2v) is 6.95. The van der Waals surface area contributed by atoms with Crippen molar-refractivity contribution in [3.05, 3.63) is 76.6 Å². The van der Waals surface area contributed by atoms with Crippen LogP contribution in [0.1, 0.15) is 17.0 Å². The minimum atomic E-state index is -0.141. The Balaban J connectivity index is 1.64. The number of benzene rings is 2. The van der Waals surface area contributed by atoms with Crippen molar-refractivity contribution < 1.29 is 4.79 Å². The predicted molar refractivity (Wildman–Crippen MR) is 109 cm³/mol. The molecule has 0 unspecified atom stereocenters. The molecule has 140 valence electrons. The van der Waals surface area contributed by atoms with Crippen molar-refractivity contribution in [3.8, 4) is 11.4 Å². The Kier molecular flexibility index (Phi) is 4.79. The lowest BCUT2D eigenvalue weighted by Gasteiger charge is -2.11. The number of fused-ring (bicyclic) bond motifs is 1. The molecule has 4 rings (SSSR count). The van der Waals surface area contributed by atoms with Crippen molar-refractivity contribution in [2.75, 3.05) is 5.32 Å². The molecule has 0 spiro atoms. The van der Waals surface area contributed by atoms with Gasteiger partial charge in [-0.1, -0.05) is 48.0 Å². The lowest BCUT2D eigenvalue weighted by atomic mass is 10.1. The van der Waals surface area contributed by atoms with Crippen molar-refractivity contribution in [3.63, 3.8) is 0 Å². The summed E-state index contributed by atoms with van der Waals surface area (Å²) in [6, 6.07) is 16.8. The number of aromatic nitrogens is 4. The van der Waals surface area contributed by atoms with E-state index in [9.17, 15) is 4.79 Å². The third kappa shape index (κ3) is 3.59. The second kappa shape index (κ2) is 7.40. The summed E-state index contributed by atoms with van der Waals surface area (Å²) in [7, 11) is 0. The van der Waals surface area contributed by atoms with Crippen LogP contribution in [0.25, 0.3) is 17.2 Å². The fraction of sp³-hybridized carbons (Fsp3) is 0.143. The molecule has 0 radical (unpaired) electrons. The Morgan fingerprint density at radius 2 is 1.86 bits per heavy atom. The van der Waals surface area contributed by atoms with Crippen LogP contribution in [-0.2, 0) is 11.2 Å². The Morgan fingerprint density at radius 1 is 1.07 bits per heavy atom. The third-order valence-electron chi connectivity index (χ3n) is 4.53. The smallest absolute Gasteiger partial charge is 0.253 e. The normalized spacial score (nSPS) is 11.0. The van der Waals surface area contributed by atoms with Crippen molar-refractivity contribution in [1.29, 1.82) is 0 Å². The number of rotatable bonds is 4. The molecular formula is C21H18ClN5O. The number of aryl methyl sites for hydroxylation is 2. The molecule has 7 heteroatoms. The van der Waals surface area contributed by atoms with E-state index in [1.54, 1.807) is 28.8 Å². The van der Waals surface area contributed by atoms with Crippen molar-refractivity contribution in [1.82, 2.24) is 19.6 Å². The molecule has 4 aromatic rings. The van der Waals surface area contributed by atoms with Crippen LogP contribution in [-0.4, -0.2) is 25.5 Å². The number of hydrogen-bond acceptors (Lipinski definition) is 4. The van der Waals surface area contributed by atoms with Gasteiger partial charge in [-0.15, -0.1) is 5.10 Å². The van der Waals surface area contributed by atoms with Gasteiger partial charge in [-0.25, -0.2) is 9.50 Å². The second-order valence-electron chi connectivity index (χ2n) is 6.51. The molecule has 0 fully saturated rings. The summed E-state index contributed by atoms with van der Waals surface area (Å²) in [5, 5.41) is 8.02. The number of carbonyl (C=O) groups is 1. The summed E-state index contributed by atoms with van der Waals surface area (Å²) in [4.78, 5) is 21.6. The van der Waals surface area contributed by atoms with Crippen LogP contribution < -0.4 is 5.32 Å². The highest BCUT2D eigenvalue weighted by Gasteiger charge is 2.16. The highest BCUT2D eigenvalue weighted by atomic mass is 35.5. The van der Waals surface area contributed by atoms with Crippen LogP contribution in [0.4, 0.5) is 5.69 Å². The molecule has 0 bridgehead atoms. The highest BCUT2D eigenvalue weighted by molar-refractivity contribution is 6.30. The first-order valence-corrected chi connectivity index (χ1v) is 9.23. The maximum atomic E-state index is 12.5. The number of carbonyl (C=O) groups excluding carboxylic acids is 1. The van der Waals surface area contributed by atoms with Crippen LogP contribution in [0.5, 0.6) is 0 Å². The van der Waals surface area contributed by atoms with Crippen molar-refractivity contribution in [2.24, 2.45) is 0 Å². The first-order chi connectivity index (χ1) is 13.5. The van der Waals surface area contributed by atoms with E-state index in [2.05, 4.69) is 20.4 Å². The molecule has 0 aliphatic heterocycles. The molecule has 1 amide bonds. The zero-order valence-electron chi connectivity index (χ0n) is 15.5. The maximum absolute atomic E-state index is 12.5. The highest BCUT2D eigenvalue weighted by Crippen LogP contribution is 2.20. The van der Waals surface area contributed by atoms with Gasteiger partial charge in [-0.05, 0) is 32.0 Å². The van der Waals surface area contributed by atoms with Gasteiger partial charge in [0.15, 0.2) is 5.82 Å². The molecule has 0 saturated carbocycles. The van der Waals surface area contributed by atoms with E-state index in [1.165, 1.54) is 0 Å². The Bertz CT molecular complexity index is 1170. The molecule has 2 aromatic carbocycles. The summed E-state index contributed by atoms with van der Waals surface area (Å²) in [6.07, 6.45) is 0.188. The number of nitrogens with zero attached hydrogens (tertiary/aromatic N) is 4. The van der Waals surface area contributed by atoms with Gasteiger partial charge in [0, 0.05) is 33.2 Å². The van der Waals surface area contributed by atoms with E-state index in [0.717, 1.165) is 22.5 Å². The fourth-order valence-electron chi connectivity index (χ4n) is 3.11. The molecule has 0 atom stereocenters. The standard InChI is InChI=1S/C21H18ClN5O/c1-13-18(12-19(28)24-17-10-6-9-16(22)11-17)14(2)27-21(23-13)25-20(26-27)15-7-4-3-5-8-15/h3-11H,12H2,1-2H3,(H,24,28). The zero-order valence-corrected chi connectivity index (χ0v) is 16.2. The molecule has 2 aromatic heterocycles. The van der Waals surface area contributed by atoms with Crippen LogP contribution in [0.2, 0.25) is 5.02 Å². The van der Waals surface area contributed by atoms with Gasteiger partial charge in [-0.2, -0.15) is 4.98 Å². The summed E-state index contributed by atoms with van der Waals surface area (Å²) >= 11 is 5.98. The van der Waals surface area contributed by atoms with Gasteiger partial charge in [0.2, 0.25) is 5.91 Å². The maximum Gasteiger partial charge on any atom is 0.253 e. The van der Waals surface area contributed by atoms with Gasteiger partial charge >= 0.3 is 0 Å². The first-order valence-electron chi connectivity index (χ1n) is 8.85. The van der Waals surface area contributed by atoms with Gasteiger partial charge in [0.25, 0.3) is 5.78 Å². The third-order valence-corrected chi connectivity index (χ3v) is 4.76. The van der Waals surface area contributed by atoms with E-state index in [0.29, 0.717) is 22.3 Å². The Hall–Kier alpha value is -3.25. The van der Waals surface area contributed by atoms with Gasteiger partial charge < -0.3 is 5.32 Å². The largest absolute Gasteiger partial charge is 0.326 e. The first kappa shape index (κ1) is 18.1. The molecule has 0 aliphatic rings. The lowest BCUT2D eigenvalue weighted by Crippen LogP contribution is -2.17. The minimum absolute atomic E-state index is 0.141. The number of nitrogens with one attached hydrogen (secondary N) is 1. The van der Waals surface area contributed by atoms with E-state index in [-0.39, 0.29) is 12.3 Å². The SMILES string of the molecule is Cc1nc2nc(-c3ccccc3)nn2c(C)c1CC(=O)Nc1cccc(Cl)c1. The van der Waals surface area contributed by atoms with Crippen molar-refractivity contribution >= 4 is 29.0 Å². The summed E-state index contributed by atoms with van der Waals surface area (Å²) in [5.74, 6) is 0.988. The molecule has 0 aliphatic carbocycles. The van der Waals surface area contributed by atoms with Gasteiger partial charge in [0.05, 0.1) is 6.42 Å². The summed E-state index contributed by atoms with van der Waals surface area (Å²) in [5.41, 5.74) is 4.02. The molecular weight excluding hydrogens is 374 g/mol. The van der Waals surface area contributed by atoms with Gasteiger partial charge in [0.1, 0.15) is 0 Å². The van der Waals surface area contributed by atoms with Crippen LogP contribution in [0.15, 0.2) is 54.6 Å². The molecule has 2 heterocycles. The Morgan fingerprint density at radius 3 is 2.61 bits per heavy atom. The number of amides is 1.